The van der Waals surface area contributed by atoms with Gasteiger partial charge >= 0.3 is 6.18 Å². The molecule has 1 saturated carbocycles. The lowest BCUT2D eigenvalue weighted by Crippen LogP contribution is -2.50. The number of nitrogens with one attached hydrogen (secondary N) is 2. The van der Waals surface area contributed by atoms with Gasteiger partial charge in [-0.1, -0.05) is 19.1 Å². The average Bonchev–Trinajstić information content (AvgIpc) is 3.55. The lowest BCUT2D eigenvalue weighted by molar-refractivity contribution is -0.141. The normalized spacial score (nSPS) is 22.1. The second-order valence-electron chi connectivity index (χ2n) is 8.97. The van der Waals surface area contributed by atoms with Crippen molar-refractivity contribution in [1.29, 1.82) is 0 Å². The molecule has 2 aromatic carbocycles. The third kappa shape index (κ3) is 5.40. The topological polar surface area (TPSA) is 78.5 Å². The van der Waals surface area contributed by atoms with Crippen molar-refractivity contribution in [1.82, 2.24) is 4.90 Å². The maximum atomic E-state index is 13.0. The van der Waals surface area contributed by atoms with E-state index in [0.29, 0.717) is 24.6 Å². The first-order chi connectivity index (χ1) is 16.1. The van der Waals surface area contributed by atoms with E-state index in [1.165, 1.54) is 24.3 Å². The van der Waals surface area contributed by atoms with Crippen molar-refractivity contribution in [3.8, 4) is 0 Å². The third-order valence-corrected chi connectivity index (χ3v) is 6.36. The molecule has 2 fully saturated rings. The van der Waals surface area contributed by atoms with Crippen molar-refractivity contribution in [3.63, 3.8) is 0 Å². The van der Waals surface area contributed by atoms with Gasteiger partial charge in [-0.15, -0.1) is 0 Å². The largest absolute Gasteiger partial charge is 0.416 e. The van der Waals surface area contributed by atoms with Crippen molar-refractivity contribution >= 4 is 29.1 Å². The van der Waals surface area contributed by atoms with Crippen LogP contribution in [0, 0.1) is 11.8 Å². The summed E-state index contributed by atoms with van der Waals surface area (Å²) in [6.07, 6.45) is -1.37. The Morgan fingerprint density at radius 3 is 2.32 bits per heavy atom. The number of rotatable bonds is 5. The summed E-state index contributed by atoms with van der Waals surface area (Å²) in [4.78, 5) is 40.1. The quantitative estimate of drug-likeness (QED) is 0.646. The Balaban J connectivity index is 1.43. The molecule has 6 nitrogen and oxygen atoms in total. The lowest BCUT2D eigenvalue weighted by atomic mass is 10.00. The van der Waals surface area contributed by atoms with E-state index in [9.17, 15) is 27.6 Å². The molecule has 0 radical (unpaired) electrons. The number of likely N-dealkylation sites (tertiary alicyclic amines) is 1. The molecule has 3 atom stereocenters. The third-order valence-electron chi connectivity index (χ3n) is 6.36. The predicted octanol–water partition coefficient (Wildman–Crippen LogP) is 4.93. The molecule has 4 rings (SSSR count). The summed E-state index contributed by atoms with van der Waals surface area (Å²) in [5, 5.41) is 5.25. The lowest BCUT2D eigenvalue weighted by Gasteiger charge is -2.35. The van der Waals surface area contributed by atoms with Crippen LogP contribution < -0.4 is 10.6 Å². The van der Waals surface area contributed by atoms with Gasteiger partial charge in [-0.05, 0) is 68.0 Å². The van der Waals surface area contributed by atoms with Crippen LogP contribution >= 0.6 is 0 Å². The molecule has 0 bridgehead atoms. The molecule has 1 heterocycles. The Kier molecular flexibility index (Phi) is 6.63. The van der Waals surface area contributed by atoms with E-state index in [1.807, 2.05) is 6.92 Å². The molecule has 34 heavy (non-hydrogen) atoms. The minimum Gasteiger partial charge on any atom is -0.330 e. The number of alkyl halides is 3. The minimum atomic E-state index is -4.52. The second kappa shape index (κ2) is 9.48. The van der Waals surface area contributed by atoms with E-state index in [-0.39, 0.29) is 29.0 Å². The molecule has 0 aromatic heterocycles. The van der Waals surface area contributed by atoms with Gasteiger partial charge in [0.05, 0.1) is 5.56 Å². The van der Waals surface area contributed by atoms with E-state index in [4.69, 9.17) is 0 Å². The number of anilines is 2. The van der Waals surface area contributed by atoms with Gasteiger partial charge in [-0.2, -0.15) is 13.2 Å². The molecule has 9 heteroatoms. The number of piperidine rings is 1. The molecular weight excluding hydrogens is 447 g/mol. The van der Waals surface area contributed by atoms with Gasteiger partial charge in [0, 0.05) is 29.4 Å². The summed E-state index contributed by atoms with van der Waals surface area (Å²) >= 11 is 0. The molecule has 0 spiro atoms. The molecule has 1 saturated heterocycles. The fourth-order valence-corrected chi connectivity index (χ4v) is 4.29. The standard InChI is InChI=1S/C25H26F3N3O3/c1-15-12-20(15)24(34)31-11-3-2-10-21(31)23(33)30-18-8-4-6-16(13-18)22(32)29-19-9-5-7-17(14-19)25(26,27)28/h4-9,13-15,20-21H,2-3,10-12H2,1H3,(H,29,32)(H,30,33)/t15-,20+,21+/m1/s1. The monoisotopic (exact) mass is 473 g/mol. The Hall–Kier alpha value is -3.36. The predicted molar refractivity (Wildman–Crippen MR) is 121 cm³/mol. The first-order valence-corrected chi connectivity index (χ1v) is 11.3. The zero-order valence-electron chi connectivity index (χ0n) is 18.7. The number of carbonyl (C=O) groups excluding carboxylic acids is 3. The molecule has 2 N–H and O–H groups in total. The zero-order valence-corrected chi connectivity index (χ0v) is 18.7. The second-order valence-corrected chi connectivity index (χ2v) is 8.97. The summed E-state index contributed by atoms with van der Waals surface area (Å²) in [5.74, 6) is -0.535. The fourth-order valence-electron chi connectivity index (χ4n) is 4.29. The van der Waals surface area contributed by atoms with Gasteiger partial charge in [0.1, 0.15) is 6.04 Å². The molecular formula is C25H26F3N3O3. The zero-order chi connectivity index (χ0) is 24.5. The highest BCUT2D eigenvalue weighted by Crippen LogP contribution is 2.40. The van der Waals surface area contributed by atoms with Crippen LogP contribution in [0.1, 0.15) is 48.5 Å². The molecule has 180 valence electrons. The minimum absolute atomic E-state index is 0.00345. The van der Waals surface area contributed by atoms with Crippen LogP contribution in [0.25, 0.3) is 0 Å². The van der Waals surface area contributed by atoms with Crippen molar-refractivity contribution in [2.24, 2.45) is 11.8 Å². The van der Waals surface area contributed by atoms with E-state index in [2.05, 4.69) is 10.6 Å². The van der Waals surface area contributed by atoms with Gasteiger partial charge < -0.3 is 15.5 Å². The highest BCUT2D eigenvalue weighted by atomic mass is 19.4. The molecule has 1 aliphatic carbocycles. The average molecular weight is 473 g/mol. The number of hydrogen-bond donors (Lipinski definition) is 2. The molecule has 1 aliphatic heterocycles. The van der Waals surface area contributed by atoms with Crippen LogP contribution in [0.4, 0.5) is 24.5 Å². The summed E-state index contributed by atoms with van der Waals surface area (Å²) in [6.45, 7) is 2.58. The van der Waals surface area contributed by atoms with Gasteiger partial charge in [0.2, 0.25) is 11.8 Å². The smallest absolute Gasteiger partial charge is 0.330 e. The van der Waals surface area contributed by atoms with Crippen LogP contribution in [-0.4, -0.2) is 35.2 Å². The van der Waals surface area contributed by atoms with Gasteiger partial charge in [-0.25, -0.2) is 0 Å². The van der Waals surface area contributed by atoms with E-state index < -0.39 is 23.7 Å². The van der Waals surface area contributed by atoms with Crippen molar-refractivity contribution in [2.45, 2.75) is 44.8 Å². The van der Waals surface area contributed by atoms with E-state index in [1.54, 1.807) is 17.0 Å². The first kappa shape index (κ1) is 23.8. The maximum Gasteiger partial charge on any atom is 0.416 e. The van der Waals surface area contributed by atoms with Crippen molar-refractivity contribution < 1.29 is 27.6 Å². The molecule has 3 amide bonds. The van der Waals surface area contributed by atoms with Crippen LogP contribution in [0.5, 0.6) is 0 Å². The number of hydrogen-bond acceptors (Lipinski definition) is 3. The highest BCUT2D eigenvalue weighted by molar-refractivity contribution is 6.05. The van der Waals surface area contributed by atoms with Crippen LogP contribution in [0.15, 0.2) is 48.5 Å². The number of amides is 3. The molecule has 2 aromatic rings. The summed E-state index contributed by atoms with van der Waals surface area (Å²) in [6, 6.07) is 9.97. The summed E-state index contributed by atoms with van der Waals surface area (Å²) in [7, 11) is 0. The molecule has 0 unspecified atom stereocenters. The Bertz CT molecular complexity index is 1100. The van der Waals surface area contributed by atoms with Crippen molar-refractivity contribution in [3.05, 3.63) is 59.7 Å². The highest BCUT2D eigenvalue weighted by Gasteiger charge is 2.44. The maximum absolute atomic E-state index is 13.0. The summed E-state index contributed by atoms with van der Waals surface area (Å²) in [5.41, 5.74) is -0.295. The van der Waals surface area contributed by atoms with Crippen molar-refractivity contribution in [2.75, 3.05) is 17.2 Å². The van der Waals surface area contributed by atoms with Crippen LogP contribution in [0.2, 0.25) is 0 Å². The first-order valence-electron chi connectivity index (χ1n) is 11.3. The number of benzene rings is 2. The Labute approximate surface area is 195 Å². The Morgan fingerprint density at radius 1 is 0.971 bits per heavy atom. The van der Waals surface area contributed by atoms with Crippen LogP contribution in [0.3, 0.4) is 0 Å². The van der Waals surface area contributed by atoms with Crippen LogP contribution in [-0.2, 0) is 15.8 Å². The van der Waals surface area contributed by atoms with Gasteiger partial charge in [0.15, 0.2) is 0 Å². The number of nitrogens with zero attached hydrogens (tertiary/aromatic N) is 1. The van der Waals surface area contributed by atoms with Gasteiger partial charge in [0.25, 0.3) is 5.91 Å². The Morgan fingerprint density at radius 2 is 1.65 bits per heavy atom. The number of carbonyl (C=O) groups is 3. The summed E-state index contributed by atoms with van der Waals surface area (Å²) < 4.78 is 38.8. The number of halogens is 3. The molecule has 2 aliphatic rings. The van der Waals surface area contributed by atoms with E-state index >= 15 is 0 Å². The van der Waals surface area contributed by atoms with Gasteiger partial charge in [-0.3, -0.25) is 14.4 Å². The SMILES string of the molecule is C[C@@H]1C[C@@H]1C(=O)N1CCCC[C@H]1C(=O)Nc1cccc(C(=O)Nc2cccc(C(F)(F)F)c2)c1. The fraction of sp³-hybridized carbons (Fsp3) is 0.400. The van der Waals surface area contributed by atoms with E-state index in [0.717, 1.165) is 31.4 Å².